The van der Waals surface area contributed by atoms with Crippen molar-refractivity contribution in [1.82, 2.24) is 15.4 Å². The van der Waals surface area contributed by atoms with Crippen LogP contribution in [-0.4, -0.2) is 41.6 Å². The Morgan fingerprint density at radius 1 is 1.19 bits per heavy atom. The van der Waals surface area contributed by atoms with E-state index in [2.05, 4.69) is 10.5 Å². The van der Waals surface area contributed by atoms with E-state index < -0.39 is 6.04 Å². The molecule has 0 bridgehead atoms. The highest BCUT2D eigenvalue weighted by atomic mass is 19.1. The molecule has 3 aromatic rings. The Bertz CT molecular complexity index is 1100. The minimum Gasteiger partial charge on any atom is -0.496 e. The van der Waals surface area contributed by atoms with Crippen molar-refractivity contribution in [3.8, 4) is 17.1 Å². The number of nitrogens with one attached hydrogen (secondary N) is 1. The quantitative estimate of drug-likeness (QED) is 0.634. The molecule has 166 valence electrons. The predicted molar refractivity (Wildman–Crippen MR) is 115 cm³/mol. The SMILES string of the molecule is COc1ccccc1-c1cc(C(=O)N2CCCCC2C(=O)NCc2ccc(F)cc2)no1. The van der Waals surface area contributed by atoms with Gasteiger partial charge in [-0.2, -0.15) is 0 Å². The van der Waals surface area contributed by atoms with Crippen LogP contribution in [0, 0.1) is 5.82 Å². The number of carbonyl (C=O) groups excluding carboxylic acids is 2. The Labute approximate surface area is 185 Å². The molecule has 1 aromatic heterocycles. The van der Waals surface area contributed by atoms with Crippen LogP contribution >= 0.6 is 0 Å². The molecular weight excluding hydrogens is 413 g/mol. The summed E-state index contributed by atoms with van der Waals surface area (Å²) >= 11 is 0. The van der Waals surface area contributed by atoms with Gasteiger partial charge in [-0.25, -0.2) is 4.39 Å². The Morgan fingerprint density at radius 3 is 2.75 bits per heavy atom. The van der Waals surface area contributed by atoms with Crippen LogP contribution < -0.4 is 10.1 Å². The zero-order valence-electron chi connectivity index (χ0n) is 17.7. The first kappa shape index (κ1) is 21.5. The first-order valence-corrected chi connectivity index (χ1v) is 10.5. The van der Waals surface area contributed by atoms with Gasteiger partial charge in [0.1, 0.15) is 17.6 Å². The van der Waals surface area contributed by atoms with Crippen molar-refractivity contribution >= 4 is 11.8 Å². The number of piperidine rings is 1. The molecule has 0 radical (unpaired) electrons. The van der Waals surface area contributed by atoms with Crippen LogP contribution in [0.5, 0.6) is 5.75 Å². The van der Waals surface area contributed by atoms with Crippen LogP contribution in [0.2, 0.25) is 0 Å². The minimum atomic E-state index is -0.594. The van der Waals surface area contributed by atoms with Crippen molar-refractivity contribution in [3.05, 3.63) is 71.7 Å². The third-order valence-corrected chi connectivity index (χ3v) is 5.55. The summed E-state index contributed by atoms with van der Waals surface area (Å²) in [7, 11) is 1.56. The molecule has 1 fully saturated rings. The number of rotatable bonds is 6. The van der Waals surface area contributed by atoms with Gasteiger partial charge in [-0.05, 0) is 49.1 Å². The highest BCUT2D eigenvalue weighted by molar-refractivity contribution is 5.97. The van der Waals surface area contributed by atoms with E-state index >= 15 is 0 Å². The molecule has 0 aliphatic carbocycles. The molecule has 1 aliphatic rings. The maximum absolute atomic E-state index is 13.2. The average molecular weight is 437 g/mol. The van der Waals surface area contributed by atoms with Crippen LogP contribution in [0.4, 0.5) is 4.39 Å². The first-order valence-electron chi connectivity index (χ1n) is 10.5. The number of halogens is 1. The van der Waals surface area contributed by atoms with Crippen molar-refractivity contribution in [2.24, 2.45) is 0 Å². The Kier molecular flexibility index (Phi) is 6.49. The molecule has 1 unspecified atom stereocenters. The van der Waals surface area contributed by atoms with Gasteiger partial charge < -0.3 is 19.5 Å². The van der Waals surface area contributed by atoms with E-state index in [1.165, 1.54) is 12.1 Å². The maximum Gasteiger partial charge on any atom is 0.276 e. The minimum absolute atomic E-state index is 0.143. The standard InChI is InChI=1S/C24H24FN3O4/c1-31-21-8-3-2-6-18(21)22-14-19(27-32-22)24(30)28-13-5-4-7-20(28)23(29)26-15-16-9-11-17(25)12-10-16/h2-3,6,8-12,14,20H,4-5,7,13,15H2,1H3,(H,26,29). The van der Waals surface area contributed by atoms with E-state index in [4.69, 9.17) is 9.26 Å². The number of likely N-dealkylation sites (tertiary alicyclic amines) is 1. The number of hydrogen-bond donors (Lipinski definition) is 1. The highest BCUT2D eigenvalue weighted by Crippen LogP contribution is 2.30. The van der Waals surface area contributed by atoms with Gasteiger partial charge in [0, 0.05) is 19.2 Å². The monoisotopic (exact) mass is 437 g/mol. The normalized spacial score (nSPS) is 15.9. The summed E-state index contributed by atoms with van der Waals surface area (Å²) in [6.45, 7) is 0.726. The summed E-state index contributed by atoms with van der Waals surface area (Å²) in [5.74, 6) is 0.107. The molecule has 2 heterocycles. The molecule has 2 aromatic carbocycles. The number of ether oxygens (including phenoxy) is 1. The van der Waals surface area contributed by atoms with E-state index in [9.17, 15) is 14.0 Å². The second-order valence-corrected chi connectivity index (χ2v) is 7.63. The number of hydrogen-bond acceptors (Lipinski definition) is 5. The molecule has 7 nitrogen and oxygen atoms in total. The summed E-state index contributed by atoms with van der Waals surface area (Å²) in [6, 6.07) is 14.2. The zero-order chi connectivity index (χ0) is 22.5. The van der Waals surface area contributed by atoms with E-state index in [1.807, 2.05) is 18.2 Å². The van der Waals surface area contributed by atoms with Gasteiger partial charge in [0.15, 0.2) is 11.5 Å². The molecule has 32 heavy (non-hydrogen) atoms. The lowest BCUT2D eigenvalue weighted by molar-refractivity contribution is -0.126. The number of nitrogens with zero attached hydrogens (tertiary/aromatic N) is 2. The fourth-order valence-corrected chi connectivity index (χ4v) is 3.85. The summed E-state index contributed by atoms with van der Waals surface area (Å²) in [4.78, 5) is 27.6. The topological polar surface area (TPSA) is 84.7 Å². The highest BCUT2D eigenvalue weighted by Gasteiger charge is 2.34. The molecule has 0 saturated carbocycles. The largest absolute Gasteiger partial charge is 0.496 e. The fourth-order valence-electron chi connectivity index (χ4n) is 3.85. The molecule has 1 N–H and O–H groups in total. The van der Waals surface area contributed by atoms with E-state index in [-0.39, 0.29) is 29.9 Å². The molecular formula is C24H24FN3O4. The van der Waals surface area contributed by atoms with Gasteiger partial charge in [0.2, 0.25) is 5.91 Å². The summed E-state index contributed by atoms with van der Waals surface area (Å²) in [5.41, 5.74) is 1.62. The number of para-hydroxylation sites is 1. The molecule has 1 atom stereocenters. The Morgan fingerprint density at radius 2 is 1.97 bits per heavy atom. The third-order valence-electron chi connectivity index (χ3n) is 5.55. The number of aromatic nitrogens is 1. The van der Waals surface area contributed by atoms with Crippen LogP contribution in [0.25, 0.3) is 11.3 Å². The summed E-state index contributed by atoms with van der Waals surface area (Å²) in [6.07, 6.45) is 2.23. The van der Waals surface area contributed by atoms with Gasteiger partial charge in [-0.3, -0.25) is 9.59 Å². The van der Waals surface area contributed by atoms with Gasteiger partial charge >= 0.3 is 0 Å². The van der Waals surface area contributed by atoms with Crippen molar-refractivity contribution in [2.75, 3.05) is 13.7 Å². The van der Waals surface area contributed by atoms with Gasteiger partial charge in [-0.1, -0.05) is 29.4 Å². The van der Waals surface area contributed by atoms with Crippen LogP contribution in [0.1, 0.15) is 35.3 Å². The van der Waals surface area contributed by atoms with Crippen molar-refractivity contribution in [1.29, 1.82) is 0 Å². The van der Waals surface area contributed by atoms with E-state index in [1.54, 1.807) is 36.3 Å². The van der Waals surface area contributed by atoms with Crippen molar-refractivity contribution in [3.63, 3.8) is 0 Å². The fraction of sp³-hybridized carbons (Fsp3) is 0.292. The Balaban J connectivity index is 1.47. The molecule has 1 saturated heterocycles. The lowest BCUT2D eigenvalue weighted by Gasteiger charge is -2.34. The van der Waals surface area contributed by atoms with Crippen LogP contribution in [0.15, 0.2) is 59.1 Å². The Hall–Kier alpha value is -3.68. The second kappa shape index (κ2) is 9.64. The predicted octanol–water partition coefficient (Wildman–Crippen LogP) is 3.80. The van der Waals surface area contributed by atoms with Gasteiger partial charge in [-0.15, -0.1) is 0 Å². The summed E-state index contributed by atoms with van der Waals surface area (Å²) in [5, 5.41) is 6.80. The van der Waals surface area contributed by atoms with Gasteiger partial charge in [0.05, 0.1) is 12.7 Å². The number of carbonyl (C=O) groups is 2. The van der Waals surface area contributed by atoms with Crippen molar-refractivity contribution < 1.29 is 23.2 Å². The number of amides is 2. The van der Waals surface area contributed by atoms with Crippen LogP contribution in [-0.2, 0) is 11.3 Å². The molecule has 4 rings (SSSR count). The van der Waals surface area contributed by atoms with Crippen LogP contribution in [0.3, 0.4) is 0 Å². The number of methoxy groups -OCH3 is 1. The maximum atomic E-state index is 13.2. The third kappa shape index (κ3) is 4.64. The molecule has 1 aliphatic heterocycles. The summed E-state index contributed by atoms with van der Waals surface area (Å²) < 4.78 is 23.8. The molecule has 2 amide bonds. The van der Waals surface area contributed by atoms with Crippen molar-refractivity contribution in [2.45, 2.75) is 31.8 Å². The van der Waals surface area contributed by atoms with E-state index in [0.29, 0.717) is 30.0 Å². The lowest BCUT2D eigenvalue weighted by atomic mass is 10.0. The molecule has 0 spiro atoms. The lowest BCUT2D eigenvalue weighted by Crippen LogP contribution is -2.51. The average Bonchev–Trinajstić information content (AvgIpc) is 3.33. The second-order valence-electron chi connectivity index (χ2n) is 7.63. The molecule has 8 heteroatoms. The number of benzene rings is 2. The van der Waals surface area contributed by atoms with E-state index in [0.717, 1.165) is 18.4 Å². The smallest absolute Gasteiger partial charge is 0.276 e. The first-order chi connectivity index (χ1) is 15.6. The zero-order valence-corrected chi connectivity index (χ0v) is 17.7. The van der Waals surface area contributed by atoms with Gasteiger partial charge in [0.25, 0.3) is 5.91 Å².